The minimum absolute atomic E-state index is 0.0368. The minimum Gasteiger partial charge on any atom is -0.436 e. The Kier molecular flexibility index (Phi) is 9.80. The topological polar surface area (TPSA) is 103 Å². The second-order valence-electron chi connectivity index (χ2n) is 14.8. The highest BCUT2D eigenvalue weighted by Gasteiger charge is 2.37. The van der Waals surface area contributed by atoms with E-state index >= 15 is 0 Å². The van der Waals surface area contributed by atoms with Crippen molar-refractivity contribution in [1.29, 1.82) is 0 Å². The number of carbonyl (C=O) groups is 3. The van der Waals surface area contributed by atoms with Crippen molar-refractivity contribution in [1.82, 2.24) is 29.2 Å². The number of piperidine rings is 3. The second kappa shape index (κ2) is 14.4. The molecule has 3 fully saturated rings. The lowest BCUT2D eigenvalue weighted by Gasteiger charge is -2.40. The first kappa shape index (κ1) is 33.4. The summed E-state index contributed by atoms with van der Waals surface area (Å²) >= 11 is 0. The van der Waals surface area contributed by atoms with Gasteiger partial charge < -0.3 is 34.2 Å². The van der Waals surface area contributed by atoms with Crippen molar-refractivity contribution in [3.05, 3.63) is 59.4 Å². The summed E-state index contributed by atoms with van der Waals surface area (Å²) in [5.41, 5.74) is 5.95. The van der Waals surface area contributed by atoms with Crippen molar-refractivity contribution in [2.75, 3.05) is 58.2 Å². The van der Waals surface area contributed by atoms with Crippen molar-refractivity contribution >= 4 is 34.8 Å². The number of aromatic nitrogens is 2. The number of nitrogens with zero attached hydrogens (tertiary/aromatic N) is 6. The fourth-order valence-corrected chi connectivity index (χ4v) is 8.70. The van der Waals surface area contributed by atoms with Gasteiger partial charge in [-0.25, -0.2) is 14.6 Å². The quantitative estimate of drug-likeness (QED) is 0.394. The Bertz CT molecular complexity index is 1670. The van der Waals surface area contributed by atoms with Crippen LogP contribution in [0.25, 0.3) is 11.0 Å². The summed E-state index contributed by atoms with van der Waals surface area (Å²) in [5.74, 6) is 1.27. The number of amides is 4. The Balaban J connectivity index is 1.01. The molecule has 1 N–H and O–H groups in total. The first-order chi connectivity index (χ1) is 23.7. The summed E-state index contributed by atoms with van der Waals surface area (Å²) in [7, 11) is 4.18. The number of nitrogens with one attached hydrogen (secondary N) is 1. The maximum Gasteiger partial charge on any atom is 0.410 e. The van der Waals surface area contributed by atoms with Gasteiger partial charge in [0, 0.05) is 57.9 Å². The average Bonchev–Trinajstić information content (AvgIpc) is 3.40. The number of hydrogen-bond acceptors (Lipinski definition) is 6. The number of para-hydroxylation sites is 1. The molecular formula is C38H51N7O4. The van der Waals surface area contributed by atoms with E-state index < -0.39 is 12.2 Å². The third kappa shape index (κ3) is 7.27. The molecule has 11 nitrogen and oxygen atoms in total. The number of likely N-dealkylation sites (tertiary alicyclic amines) is 3. The van der Waals surface area contributed by atoms with Gasteiger partial charge in [0.1, 0.15) is 0 Å². The highest BCUT2D eigenvalue weighted by molar-refractivity contribution is 5.91. The van der Waals surface area contributed by atoms with Crippen LogP contribution in [0.1, 0.15) is 55.2 Å². The Labute approximate surface area is 289 Å². The normalized spacial score (nSPS) is 21.0. The molecule has 2 aromatic carbocycles. The van der Waals surface area contributed by atoms with E-state index in [1.54, 1.807) is 11.2 Å². The lowest BCUT2D eigenvalue weighted by Crippen LogP contribution is -2.52. The van der Waals surface area contributed by atoms with Crippen LogP contribution in [0.15, 0.2) is 42.7 Å². The van der Waals surface area contributed by atoms with Gasteiger partial charge in [-0.05, 0) is 113 Å². The third-order valence-corrected chi connectivity index (χ3v) is 11.6. The number of benzene rings is 2. The first-order valence-corrected chi connectivity index (χ1v) is 18.2. The predicted molar refractivity (Wildman–Crippen MR) is 189 cm³/mol. The molecule has 0 saturated carbocycles. The smallest absolute Gasteiger partial charge is 0.410 e. The van der Waals surface area contributed by atoms with E-state index in [9.17, 15) is 14.4 Å². The second-order valence-corrected chi connectivity index (χ2v) is 14.8. The fraction of sp³-hybridized carbons (Fsp3) is 0.579. The van der Waals surface area contributed by atoms with Gasteiger partial charge in [-0.15, -0.1) is 0 Å². The number of ether oxygens (including phenoxy) is 1. The van der Waals surface area contributed by atoms with E-state index in [0.717, 1.165) is 71.7 Å². The maximum atomic E-state index is 14.2. The molecular weight excluding hydrogens is 618 g/mol. The number of hydrogen-bond donors (Lipinski definition) is 1. The molecule has 3 saturated heterocycles. The van der Waals surface area contributed by atoms with Crippen LogP contribution in [0.4, 0.5) is 15.3 Å². The Morgan fingerprint density at radius 1 is 0.898 bits per heavy atom. The number of rotatable bonds is 6. The molecule has 1 aromatic heterocycles. The largest absolute Gasteiger partial charge is 0.436 e. The van der Waals surface area contributed by atoms with Crippen LogP contribution in [0.2, 0.25) is 0 Å². The molecule has 11 heteroatoms. The molecule has 0 aliphatic carbocycles. The molecule has 4 aliphatic heterocycles. The van der Waals surface area contributed by atoms with E-state index in [-0.39, 0.29) is 18.0 Å². The summed E-state index contributed by atoms with van der Waals surface area (Å²) < 4.78 is 8.16. The predicted octanol–water partition coefficient (Wildman–Crippen LogP) is 5.06. The summed E-state index contributed by atoms with van der Waals surface area (Å²) in [6.45, 7) is 7.35. The standard InChI is InChI=1S/C38H51N7O4/c1-26-22-27(23-33-35(26)42(3)25-39-33)24-34(36(46)43-17-10-29(11-18-43)28-8-15-41(2)16-9-28)49-38(48)44-19-13-31(14-20-44)45-21-12-30-6-4-5-7-32(30)40-37(45)47/h4-7,22-23,25,28-29,31,34H,8-21,24H2,1-3H3,(H,40,47)/t34-/m1/s1. The van der Waals surface area contributed by atoms with E-state index in [0.29, 0.717) is 57.9 Å². The molecule has 5 heterocycles. The highest BCUT2D eigenvalue weighted by Crippen LogP contribution is 2.33. The molecule has 7 rings (SSSR count). The average molecular weight is 670 g/mol. The van der Waals surface area contributed by atoms with Crippen LogP contribution in [-0.2, 0) is 29.4 Å². The molecule has 0 radical (unpaired) electrons. The van der Waals surface area contributed by atoms with Gasteiger partial charge in [-0.1, -0.05) is 24.3 Å². The van der Waals surface area contributed by atoms with Gasteiger partial charge in [-0.2, -0.15) is 0 Å². The van der Waals surface area contributed by atoms with Crippen molar-refractivity contribution in [2.24, 2.45) is 18.9 Å². The summed E-state index contributed by atoms with van der Waals surface area (Å²) in [5, 5.41) is 3.07. The molecule has 262 valence electrons. The van der Waals surface area contributed by atoms with Crippen LogP contribution in [0.5, 0.6) is 0 Å². The molecule has 0 bridgehead atoms. The van der Waals surface area contributed by atoms with Crippen molar-refractivity contribution in [3.63, 3.8) is 0 Å². The molecule has 4 aliphatic rings. The lowest BCUT2D eigenvalue weighted by molar-refractivity contribution is -0.142. The SMILES string of the molecule is Cc1cc(C[C@@H](OC(=O)N2CCC(N3CCc4ccccc4NC3=O)CC2)C(=O)N2CCC(C3CCN(C)CC3)CC2)cc2ncn(C)c12. The number of urea groups is 1. The number of imidazole rings is 1. The lowest BCUT2D eigenvalue weighted by atomic mass is 9.79. The fourth-order valence-electron chi connectivity index (χ4n) is 8.70. The van der Waals surface area contributed by atoms with Crippen molar-refractivity contribution in [2.45, 2.75) is 70.4 Å². The third-order valence-electron chi connectivity index (χ3n) is 11.6. The number of aryl methyl sites for hydroxylation is 2. The van der Waals surface area contributed by atoms with Gasteiger partial charge in [0.15, 0.2) is 6.10 Å². The zero-order valence-corrected chi connectivity index (χ0v) is 29.3. The summed E-state index contributed by atoms with van der Waals surface area (Å²) in [4.78, 5) is 53.5. The van der Waals surface area contributed by atoms with E-state index in [1.165, 1.54) is 12.8 Å². The molecule has 1 atom stereocenters. The van der Waals surface area contributed by atoms with Crippen molar-refractivity contribution in [3.8, 4) is 0 Å². The zero-order chi connectivity index (χ0) is 34.1. The zero-order valence-electron chi connectivity index (χ0n) is 29.3. The van der Waals surface area contributed by atoms with Crippen molar-refractivity contribution < 1.29 is 19.1 Å². The highest BCUT2D eigenvalue weighted by atomic mass is 16.6. The van der Waals surface area contributed by atoms with Crippen LogP contribution >= 0.6 is 0 Å². The van der Waals surface area contributed by atoms with Crippen LogP contribution in [0.3, 0.4) is 0 Å². The summed E-state index contributed by atoms with van der Waals surface area (Å²) in [6, 6.07) is 12.0. The number of fused-ring (bicyclic) bond motifs is 2. The van der Waals surface area contributed by atoms with Gasteiger partial charge >= 0.3 is 12.1 Å². The van der Waals surface area contributed by atoms with Crippen LogP contribution in [-0.4, -0.2) is 112 Å². The van der Waals surface area contributed by atoms with Gasteiger partial charge in [0.2, 0.25) is 0 Å². The molecule has 3 aromatic rings. The first-order valence-electron chi connectivity index (χ1n) is 18.2. The maximum absolute atomic E-state index is 14.2. The van der Waals surface area contributed by atoms with Gasteiger partial charge in [0.05, 0.1) is 17.4 Å². The Morgan fingerprint density at radius 2 is 1.57 bits per heavy atom. The van der Waals surface area contributed by atoms with Gasteiger partial charge in [0.25, 0.3) is 5.91 Å². The van der Waals surface area contributed by atoms with Crippen LogP contribution < -0.4 is 5.32 Å². The van der Waals surface area contributed by atoms with E-state index in [4.69, 9.17) is 4.74 Å². The van der Waals surface area contributed by atoms with Gasteiger partial charge in [-0.3, -0.25) is 4.79 Å². The number of anilines is 1. The Morgan fingerprint density at radius 3 is 2.31 bits per heavy atom. The molecule has 0 spiro atoms. The van der Waals surface area contributed by atoms with E-state index in [2.05, 4.69) is 41.3 Å². The summed E-state index contributed by atoms with van der Waals surface area (Å²) in [6.07, 6.45) is 7.32. The molecule has 0 unspecified atom stereocenters. The minimum atomic E-state index is -0.916. The van der Waals surface area contributed by atoms with Crippen LogP contribution in [0, 0.1) is 18.8 Å². The monoisotopic (exact) mass is 669 g/mol. The van der Waals surface area contributed by atoms with E-state index in [1.807, 2.05) is 45.7 Å². The Hall–Kier alpha value is -4.12. The number of carbonyl (C=O) groups excluding carboxylic acids is 3. The molecule has 49 heavy (non-hydrogen) atoms. The molecule has 4 amide bonds.